The van der Waals surface area contributed by atoms with Crippen molar-refractivity contribution in [1.29, 1.82) is 0 Å². The number of anilines is 1. The summed E-state index contributed by atoms with van der Waals surface area (Å²) in [6.45, 7) is 2.82. The maximum Gasteiger partial charge on any atom is 0.257 e. The van der Waals surface area contributed by atoms with E-state index < -0.39 is 23.3 Å². The molecular weight excluding hydrogens is 262 g/mol. The van der Waals surface area contributed by atoms with Crippen LogP contribution in [0.1, 0.15) is 24.2 Å². The molecule has 7 heteroatoms. The number of nitrogens with two attached hydrogens (primary N) is 1. The Balaban J connectivity index is 2.43. The molecule has 0 aromatic heterocycles. The number of piperazine rings is 1. The minimum absolute atomic E-state index is 0.0561. The fourth-order valence-electron chi connectivity index (χ4n) is 1.98. The van der Waals surface area contributed by atoms with Gasteiger partial charge in [0.05, 0.1) is 5.56 Å². The van der Waals surface area contributed by atoms with Crippen molar-refractivity contribution in [2.75, 3.05) is 12.3 Å². The molecule has 20 heavy (non-hydrogen) atoms. The van der Waals surface area contributed by atoms with Gasteiger partial charge >= 0.3 is 0 Å². The van der Waals surface area contributed by atoms with Crippen LogP contribution in [0.2, 0.25) is 0 Å². The molecule has 1 fully saturated rings. The minimum atomic E-state index is -1.18. The second-order valence-corrected chi connectivity index (χ2v) is 5.10. The first-order valence-electron chi connectivity index (χ1n) is 5.98. The molecule has 0 unspecified atom stereocenters. The fourth-order valence-corrected chi connectivity index (χ4v) is 1.98. The van der Waals surface area contributed by atoms with Crippen LogP contribution in [0.5, 0.6) is 5.75 Å². The highest BCUT2D eigenvalue weighted by molar-refractivity contribution is 6.10. The number of aromatic hydroxyl groups is 1. The molecule has 4 N–H and O–H groups in total. The predicted octanol–water partition coefficient (Wildman–Crippen LogP) is -0.148. The molecule has 0 atom stereocenters. The number of nitrogens with zero attached hydrogens (tertiary/aromatic N) is 1. The number of carbonyl (C=O) groups is 3. The first-order valence-corrected chi connectivity index (χ1v) is 5.98. The summed E-state index contributed by atoms with van der Waals surface area (Å²) >= 11 is 0. The van der Waals surface area contributed by atoms with Gasteiger partial charge in [-0.05, 0) is 32.0 Å². The molecule has 1 aromatic carbocycles. The van der Waals surface area contributed by atoms with Gasteiger partial charge in [0, 0.05) is 5.69 Å². The van der Waals surface area contributed by atoms with Gasteiger partial charge in [-0.1, -0.05) is 0 Å². The van der Waals surface area contributed by atoms with Crippen LogP contribution in [0.25, 0.3) is 0 Å². The van der Waals surface area contributed by atoms with E-state index in [1.165, 1.54) is 32.0 Å². The predicted molar refractivity (Wildman–Crippen MR) is 70.8 cm³/mol. The number of imide groups is 1. The summed E-state index contributed by atoms with van der Waals surface area (Å²) in [5, 5.41) is 11.6. The highest BCUT2D eigenvalue weighted by Crippen LogP contribution is 2.25. The van der Waals surface area contributed by atoms with Crippen LogP contribution in [0.15, 0.2) is 18.2 Å². The molecule has 1 aromatic rings. The Bertz CT molecular complexity index is 610. The lowest BCUT2D eigenvalue weighted by Crippen LogP contribution is -2.65. The summed E-state index contributed by atoms with van der Waals surface area (Å²) < 4.78 is 0. The fraction of sp³-hybridized carbons (Fsp3) is 0.308. The van der Waals surface area contributed by atoms with Crippen molar-refractivity contribution >= 4 is 23.4 Å². The lowest BCUT2D eigenvalue weighted by molar-refractivity contribution is -0.143. The molecule has 106 valence electrons. The molecule has 3 amide bonds. The second-order valence-electron chi connectivity index (χ2n) is 5.10. The maximum absolute atomic E-state index is 12.5. The largest absolute Gasteiger partial charge is 0.508 e. The van der Waals surface area contributed by atoms with Crippen LogP contribution < -0.4 is 11.1 Å². The number of hydrogen-bond donors (Lipinski definition) is 3. The maximum atomic E-state index is 12.5. The lowest BCUT2D eigenvalue weighted by Gasteiger charge is -2.40. The van der Waals surface area contributed by atoms with Crippen LogP contribution in [-0.4, -0.2) is 39.8 Å². The van der Waals surface area contributed by atoms with Crippen LogP contribution in [0.3, 0.4) is 0 Å². The third-order valence-electron chi connectivity index (χ3n) is 3.30. The Morgan fingerprint density at radius 3 is 2.70 bits per heavy atom. The molecule has 1 aliphatic rings. The Morgan fingerprint density at radius 2 is 2.05 bits per heavy atom. The highest BCUT2D eigenvalue weighted by Gasteiger charge is 2.44. The minimum Gasteiger partial charge on any atom is -0.508 e. The van der Waals surface area contributed by atoms with Crippen LogP contribution in [-0.2, 0) is 9.59 Å². The zero-order valence-electron chi connectivity index (χ0n) is 11.1. The Morgan fingerprint density at radius 1 is 1.40 bits per heavy atom. The number of rotatable bonds is 1. The van der Waals surface area contributed by atoms with E-state index in [0.29, 0.717) is 0 Å². The number of carbonyl (C=O) groups excluding carboxylic acids is 3. The smallest absolute Gasteiger partial charge is 0.257 e. The van der Waals surface area contributed by atoms with Crippen molar-refractivity contribution in [3.05, 3.63) is 23.8 Å². The summed E-state index contributed by atoms with van der Waals surface area (Å²) in [6.07, 6.45) is 0. The van der Waals surface area contributed by atoms with Gasteiger partial charge in [-0.2, -0.15) is 0 Å². The van der Waals surface area contributed by atoms with Gasteiger partial charge < -0.3 is 15.7 Å². The van der Waals surface area contributed by atoms with Crippen LogP contribution in [0, 0.1) is 0 Å². The summed E-state index contributed by atoms with van der Waals surface area (Å²) in [4.78, 5) is 36.9. The van der Waals surface area contributed by atoms with Crippen molar-refractivity contribution < 1.29 is 19.5 Å². The van der Waals surface area contributed by atoms with E-state index in [4.69, 9.17) is 5.73 Å². The summed E-state index contributed by atoms with van der Waals surface area (Å²) in [5.74, 6) is -1.80. The number of hydrogen-bond acceptors (Lipinski definition) is 5. The Kier molecular flexibility index (Phi) is 3.13. The summed E-state index contributed by atoms with van der Waals surface area (Å²) in [7, 11) is 0. The molecule has 0 saturated carbocycles. The zero-order valence-corrected chi connectivity index (χ0v) is 11.1. The molecule has 2 rings (SSSR count). The van der Waals surface area contributed by atoms with Crippen molar-refractivity contribution in [3.8, 4) is 5.75 Å². The van der Waals surface area contributed by atoms with Gasteiger partial charge in [0.25, 0.3) is 11.8 Å². The van der Waals surface area contributed by atoms with E-state index in [0.717, 1.165) is 4.90 Å². The molecule has 1 aliphatic heterocycles. The Hall–Kier alpha value is -2.57. The highest BCUT2D eigenvalue weighted by atomic mass is 16.3. The Labute approximate surface area is 115 Å². The molecule has 0 aliphatic carbocycles. The van der Waals surface area contributed by atoms with Crippen molar-refractivity contribution in [3.63, 3.8) is 0 Å². The van der Waals surface area contributed by atoms with E-state index in [-0.39, 0.29) is 23.5 Å². The molecule has 0 bridgehead atoms. The summed E-state index contributed by atoms with van der Waals surface area (Å²) in [6, 6.07) is 3.96. The van der Waals surface area contributed by atoms with E-state index in [1.807, 2.05) is 0 Å². The topological polar surface area (TPSA) is 113 Å². The van der Waals surface area contributed by atoms with Gasteiger partial charge in [0.15, 0.2) is 0 Å². The first-order chi connectivity index (χ1) is 9.23. The van der Waals surface area contributed by atoms with Crippen molar-refractivity contribution in [2.24, 2.45) is 0 Å². The second kappa shape index (κ2) is 4.52. The number of nitrogen functional groups attached to an aromatic ring is 1. The van der Waals surface area contributed by atoms with Crippen molar-refractivity contribution in [2.45, 2.75) is 19.4 Å². The van der Waals surface area contributed by atoms with Gasteiger partial charge in [-0.15, -0.1) is 0 Å². The number of amides is 3. The quantitative estimate of drug-likeness (QED) is 0.375. The third kappa shape index (κ3) is 2.18. The van der Waals surface area contributed by atoms with E-state index in [9.17, 15) is 19.5 Å². The average molecular weight is 277 g/mol. The molecular formula is C13H15N3O4. The molecule has 7 nitrogen and oxygen atoms in total. The molecule has 1 saturated heterocycles. The number of benzene rings is 1. The number of nitrogens with one attached hydrogen (secondary N) is 1. The molecule has 0 radical (unpaired) electrons. The number of phenolic OH excluding ortho intramolecular Hbond substituents is 1. The van der Waals surface area contributed by atoms with E-state index in [2.05, 4.69) is 5.32 Å². The van der Waals surface area contributed by atoms with E-state index >= 15 is 0 Å². The zero-order chi connectivity index (χ0) is 15.1. The van der Waals surface area contributed by atoms with Gasteiger partial charge in [0.2, 0.25) is 5.91 Å². The molecule has 0 spiro atoms. The number of phenols is 1. The summed E-state index contributed by atoms with van der Waals surface area (Å²) in [5.41, 5.74) is 4.76. The standard InChI is InChI=1S/C13H15N3O4/c1-13(2)12(20)15-10(18)6-16(13)11(19)8-5-7(17)3-4-9(8)14/h3-5,17H,6,14H2,1-2H3,(H,15,18,20). The van der Waals surface area contributed by atoms with Crippen LogP contribution in [0.4, 0.5) is 5.69 Å². The monoisotopic (exact) mass is 277 g/mol. The first kappa shape index (κ1) is 13.9. The normalized spacial score (nSPS) is 17.8. The van der Waals surface area contributed by atoms with E-state index in [1.54, 1.807) is 0 Å². The van der Waals surface area contributed by atoms with Gasteiger partial charge in [-0.3, -0.25) is 19.7 Å². The third-order valence-corrected chi connectivity index (χ3v) is 3.30. The van der Waals surface area contributed by atoms with Crippen LogP contribution >= 0.6 is 0 Å². The van der Waals surface area contributed by atoms with Crippen molar-refractivity contribution in [1.82, 2.24) is 10.2 Å². The van der Waals surface area contributed by atoms with Gasteiger partial charge in [-0.25, -0.2) is 0 Å². The van der Waals surface area contributed by atoms with Gasteiger partial charge in [0.1, 0.15) is 17.8 Å². The lowest BCUT2D eigenvalue weighted by atomic mass is 9.97. The SMILES string of the molecule is CC1(C)C(=O)NC(=O)CN1C(=O)c1cc(O)ccc1N. The molecule has 1 heterocycles. The average Bonchev–Trinajstić information content (AvgIpc) is 2.36.